The average molecular weight is 234 g/mol. The summed E-state index contributed by atoms with van der Waals surface area (Å²) in [5, 5.41) is 10.1. The van der Waals surface area contributed by atoms with Gasteiger partial charge in [-0.25, -0.2) is 0 Å². The minimum atomic E-state index is -0.848. The fraction of sp³-hybridized carbons (Fsp3) is 0.467. The predicted octanol–water partition coefficient (Wildman–Crippen LogP) is 3.20. The number of ether oxygens (including phenoxy) is 1. The van der Waals surface area contributed by atoms with Crippen LogP contribution in [0.15, 0.2) is 36.9 Å². The third kappa shape index (κ3) is 3.60. The Balaban J connectivity index is 2.84. The molecular formula is C15H22O2. The summed E-state index contributed by atoms with van der Waals surface area (Å²) in [6, 6.07) is 7.97. The van der Waals surface area contributed by atoms with Crippen LogP contribution in [0.3, 0.4) is 0 Å². The smallest absolute Gasteiger partial charge is 0.122 e. The molecule has 1 aromatic carbocycles. The first kappa shape index (κ1) is 13.8. The highest BCUT2D eigenvalue weighted by atomic mass is 16.5. The summed E-state index contributed by atoms with van der Waals surface area (Å²) >= 11 is 0. The van der Waals surface area contributed by atoms with Gasteiger partial charge in [-0.1, -0.05) is 31.2 Å². The van der Waals surface area contributed by atoms with Crippen molar-refractivity contribution < 1.29 is 9.84 Å². The van der Waals surface area contributed by atoms with Gasteiger partial charge in [0.05, 0.1) is 12.2 Å². The second-order valence-electron chi connectivity index (χ2n) is 4.58. The molecule has 0 spiro atoms. The molecule has 0 saturated carbocycles. The van der Waals surface area contributed by atoms with Crippen LogP contribution in [0.2, 0.25) is 0 Å². The van der Waals surface area contributed by atoms with E-state index in [1.807, 2.05) is 38.1 Å². The molecule has 2 unspecified atom stereocenters. The van der Waals surface area contributed by atoms with Gasteiger partial charge in [-0.2, -0.15) is 0 Å². The Hall–Kier alpha value is -1.28. The van der Waals surface area contributed by atoms with Gasteiger partial charge in [0.1, 0.15) is 5.75 Å². The van der Waals surface area contributed by atoms with Crippen LogP contribution in [0.5, 0.6) is 5.75 Å². The molecule has 2 atom stereocenters. The molecule has 0 aliphatic carbocycles. The van der Waals surface area contributed by atoms with Crippen molar-refractivity contribution in [3.63, 3.8) is 0 Å². The zero-order chi connectivity index (χ0) is 12.9. The highest BCUT2D eigenvalue weighted by Crippen LogP contribution is 2.27. The van der Waals surface area contributed by atoms with Gasteiger partial charge in [0.25, 0.3) is 0 Å². The van der Waals surface area contributed by atoms with Gasteiger partial charge in [-0.05, 0) is 37.8 Å². The number of benzene rings is 1. The van der Waals surface area contributed by atoms with Crippen LogP contribution in [-0.4, -0.2) is 17.3 Å². The Morgan fingerprint density at radius 2 is 2.12 bits per heavy atom. The number of aliphatic hydroxyl groups is 1. The minimum absolute atomic E-state index is 0.0987. The molecule has 0 bridgehead atoms. The first-order valence-corrected chi connectivity index (χ1v) is 6.08. The van der Waals surface area contributed by atoms with Gasteiger partial charge in [0.15, 0.2) is 0 Å². The number of hydrogen-bond acceptors (Lipinski definition) is 2. The van der Waals surface area contributed by atoms with E-state index in [2.05, 4.69) is 6.58 Å². The molecular weight excluding hydrogens is 212 g/mol. The summed E-state index contributed by atoms with van der Waals surface area (Å²) in [6.45, 7) is 10.1. The highest BCUT2D eigenvalue weighted by molar-refractivity contribution is 5.34. The van der Waals surface area contributed by atoms with E-state index in [0.29, 0.717) is 6.61 Å². The van der Waals surface area contributed by atoms with Crippen LogP contribution in [0, 0.1) is 5.92 Å². The molecule has 0 aromatic heterocycles. The van der Waals surface area contributed by atoms with Crippen molar-refractivity contribution in [2.45, 2.75) is 32.8 Å². The maximum atomic E-state index is 10.1. The topological polar surface area (TPSA) is 29.5 Å². The van der Waals surface area contributed by atoms with Crippen molar-refractivity contribution in [1.29, 1.82) is 0 Å². The fourth-order valence-corrected chi connectivity index (χ4v) is 1.71. The summed E-state index contributed by atoms with van der Waals surface area (Å²) < 4.78 is 5.58. The summed E-state index contributed by atoms with van der Waals surface area (Å²) in [5.74, 6) is 1.00. The molecule has 2 nitrogen and oxygen atoms in total. The average Bonchev–Trinajstić information content (AvgIpc) is 2.32. The lowest BCUT2D eigenvalue weighted by Gasteiger charge is -2.27. The van der Waals surface area contributed by atoms with Crippen molar-refractivity contribution in [2.24, 2.45) is 5.92 Å². The Bertz CT molecular complexity index is 369. The largest absolute Gasteiger partial charge is 0.494 e. The molecule has 1 rings (SSSR count). The first-order chi connectivity index (χ1) is 8.01. The third-order valence-electron chi connectivity index (χ3n) is 3.21. The van der Waals surface area contributed by atoms with E-state index in [1.165, 1.54) is 0 Å². The summed E-state index contributed by atoms with van der Waals surface area (Å²) in [4.78, 5) is 0. The zero-order valence-corrected chi connectivity index (χ0v) is 10.9. The Morgan fingerprint density at radius 1 is 1.47 bits per heavy atom. The minimum Gasteiger partial charge on any atom is -0.494 e. The van der Waals surface area contributed by atoms with Gasteiger partial charge < -0.3 is 9.84 Å². The van der Waals surface area contributed by atoms with Gasteiger partial charge in [-0.15, -0.1) is 6.58 Å². The SMILES string of the molecule is C=CC(C)(O)C(C)Cc1ccccc1OCC. The van der Waals surface area contributed by atoms with E-state index in [-0.39, 0.29) is 5.92 Å². The van der Waals surface area contributed by atoms with E-state index in [4.69, 9.17) is 4.74 Å². The Morgan fingerprint density at radius 3 is 2.71 bits per heavy atom. The molecule has 0 radical (unpaired) electrons. The van der Waals surface area contributed by atoms with Gasteiger partial charge >= 0.3 is 0 Å². The van der Waals surface area contributed by atoms with Crippen molar-refractivity contribution in [2.75, 3.05) is 6.61 Å². The Kier molecular flexibility index (Phi) is 4.76. The molecule has 0 aliphatic rings. The van der Waals surface area contributed by atoms with Crippen LogP contribution in [-0.2, 0) is 6.42 Å². The predicted molar refractivity (Wildman–Crippen MR) is 71.3 cm³/mol. The van der Waals surface area contributed by atoms with Crippen molar-refractivity contribution in [1.82, 2.24) is 0 Å². The zero-order valence-electron chi connectivity index (χ0n) is 10.9. The summed E-state index contributed by atoms with van der Waals surface area (Å²) in [7, 11) is 0. The van der Waals surface area contributed by atoms with Crippen molar-refractivity contribution in [3.05, 3.63) is 42.5 Å². The van der Waals surface area contributed by atoms with Gasteiger partial charge in [0.2, 0.25) is 0 Å². The quantitative estimate of drug-likeness (QED) is 0.766. The monoisotopic (exact) mass is 234 g/mol. The summed E-state index contributed by atoms with van der Waals surface area (Å²) in [5.41, 5.74) is 0.281. The summed E-state index contributed by atoms with van der Waals surface area (Å²) in [6.07, 6.45) is 2.37. The maximum absolute atomic E-state index is 10.1. The molecule has 0 amide bonds. The number of rotatable bonds is 6. The normalized spacial score (nSPS) is 16.0. The lowest BCUT2D eigenvalue weighted by Crippen LogP contribution is -2.31. The standard InChI is InChI=1S/C15H22O2/c1-5-15(4,16)12(3)11-13-9-7-8-10-14(13)17-6-2/h5,7-10,12,16H,1,6,11H2,2-4H3. The molecule has 0 saturated heterocycles. The highest BCUT2D eigenvalue weighted by Gasteiger charge is 2.25. The molecule has 0 fully saturated rings. The third-order valence-corrected chi connectivity index (χ3v) is 3.21. The van der Waals surface area contributed by atoms with Crippen molar-refractivity contribution in [3.8, 4) is 5.75 Å². The first-order valence-electron chi connectivity index (χ1n) is 6.08. The Labute approximate surface area is 104 Å². The lowest BCUT2D eigenvalue weighted by molar-refractivity contribution is 0.0545. The van der Waals surface area contributed by atoms with Gasteiger partial charge in [-0.3, -0.25) is 0 Å². The van der Waals surface area contributed by atoms with E-state index in [9.17, 15) is 5.11 Å². The second-order valence-corrected chi connectivity index (χ2v) is 4.58. The van der Waals surface area contributed by atoms with Crippen LogP contribution < -0.4 is 4.74 Å². The van der Waals surface area contributed by atoms with E-state index >= 15 is 0 Å². The molecule has 94 valence electrons. The van der Waals surface area contributed by atoms with Gasteiger partial charge in [0, 0.05) is 0 Å². The molecule has 1 aromatic rings. The van der Waals surface area contributed by atoms with Crippen LogP contribution >= 0.6 is 0 Å². The van der Waals surface area contributed by atoms with E-state index in [1.54, 1.807) is 13.0 Å². The van der Waals surface area contributed by atoms with Crippen molar-refractivity contribution >= 4 is 0 Å². The van der Waals surface area contributed by atoms with Crippen LogP contribution in [0.4, 0.5) is 0 Å². The fourth-order valence-electron chi connectivity index (χ4n) is 1.71. The van der Waals surface area contributed by atoms with Crippen LogP contribution in [0.25, 0.3) is 0 Å². The number of hydrogen-bond donors (Lipinski definition) is 1. The molecule has 1 N–H and O–H groups in total. The van der Waals surface area contributed by atoms with Crippen LogP contribution in [0.1, 0.15) is 26.3 Å². The molecule has 17 heavy (non-hydrogen) atoms. The molecule has 0 heterocycles. The molecule has 0 aliphatic heterocycles. The second kappa shape index (κ2) is 5.87. The van der Waals surface area contributed by atoms with E-state index in [0.717, 1.165) is 17.7 Å². The van der Waals surface area contributed by atoms with E-state index < -0.39 is 5.60 Å². The number of para-hydroxylation sites is 1. The maximum Gasteiger partial charge on any atom is 0.122 e. The lowest BCUT2D eigenvalue weighted by atomic mass is 9.85. The molecule has 2 heteroatoms.